The van der Waals surface area contributed by atoms with E-state index < -0.39 is 0 Å². The maximum absolute atomic E-state index is 9.07. The zero-order valence-corrected chi connectivity index (χ0v) is 11.6. The van der Waals surface area contributed by atoms with Gasteiger partial charge >= 0.3 is 0 Å². The molecule has 0 spiro atoms. The normalized spacial score (nSPS) is 17.4. The molecule has 0 aromatic rings. The number of hydrogen-bond acceptors (Lipinski definition) is 3. The minimum absolute atomic E-state index is 0.0309. The second-order valence-corrected chi connectivity index (χ2v) is 5.54. The summed E-state index contributed by atoms with van der Waals surface area (Å²) < 4.78 is 0. The van der Waals surface area contributed by atoms with Crippen molar-refractivity contribution in [3.8, 4) is 6.07 Å². The molecule has 1 fully saturated rings. The summed E-state index contributed by atoms with van der Waals surface area (Å²) in [6.07, 6.45) is 4.76. The molecule has 1 rings (SSSR count). The third kappa shape index (κ3) is 6.05. The Hall–Kier alpha value is -0.590. The zero-order chi connectivity index (χ0) is 12.7. The van der Waals surface area contributed by atoms with Crippen molar-refractivity contribution < 1.29 is 0 Å². The van der Waals surface area contributed by atoms with Crippen molar-refractivity contribution in [3.05, 3.63) is 0 Å². The summed E-state index contributed by atoms with van der Waals surface area (Å²) in [5.74, 6) is 0.722. The lowest BCUT2D eigenvalue weighted by Crippen LogP contribution is -2.36. The summed E-state index contributed by atoms with van der Waals surface area (Å²) in [6.45, 7) is 9.87. The van der Waals surface area contributed by atoms with Crippen LogP contribution in [-0.2, 0) is 0 Å². The quantitative estimate of drug-likeness (QED) is 0.669. The SMILES string of the molecule is CCCNC(C#N)CCN(CC(C)C)C1CC1. The third-order valence-corrected chi connectivity index (χ3v) is 3.16. The number of rotatable bonds is 9. The van der Waals surface area contributed by atoms with Gasteiger partial charge in [-0.3, -0.25) is 0 Å². The van der Waals surface area contributed by atoms with Crippen LogP contribution < -0.4 is 5.32 Å². The van der Waals surface area contributed by atoms with Gasteiger partial charge in [0.05, 0.1) is 12.1 Å². The molecule has 1 aliphatic rings. The van der Waals surface area contributed by atoms with Crippen LogP contribution in [0.1, 0.15) is 46.5 Å². The molecule has 1 aliphatic carbocycles. The molecule has 0 heterocycles. The smallest absolute Gasteiger partial charge is 0.0965 e. The van der Waals surface area contributed by atoms with E-state index in [1.807, 2.05) is 0 Å². The van der Waals surface area contributed by atoms with E-state index in [0.29, 0.717) is 0 Å². The highest BCUT2D eigenvalue weighted by molar-refractivity contribution is 4.92. The molecule has 1 N–H and O–H groups in total. The summed E-state index contributed by atoms with van der Waals surface area (Å²) in [6, 6.07) is 3.21. The summed E-state index contributed by atoms with van der Waals surface area (Å²) >= 11 is 0. The van der Waals surface area contributed by atoms with Gasteiger partial charge in [0.1, 0.15) is 0 Å². The average Bonchev–Trinajstić information content (AvgIpc) is 3.11. The van der Waals surface area contributed by atoms with Crippen molar-refractivity contribution in [2.45, 2.75) is 58.5 Å². The first-order valence-electron chi connectivity index (χ1n) is 7.04. The van der Waals surface area contributed by atoms with Crippen molar-refractivity contribution in [1.29, 1.82) is 5.26 Å². The maximum atomic E-state index is 9.07. The first-order chi connectivity index (χ1) is 8.17. The number of nitrogens with zero attached hydrogens (tertiary/aromatic N) is 2. The predicted octanol–water partition coefficient (Wildman–Crippen LogP) is 2.39. The molecule has 0 saturated heterocycles. The van der Waals surface area contributed by atoms with E-state index >= 15 is 0 Å². The maximum Gasteiger partial charge on any atom is 0.0965 e. The van der Waals surface area contributed by atoms with Crippen molar-refractivity contribution in [1.82, 2.24) is 10.2 Å². The minimum Gasteiger partial charge on any atom is -0.302 e. The fraction of sp³-hybridized carbons (Fsp3) is 0.929. The van der Waals surface area contributed by atoms with Crippen LogP contribution in [0.3, 0.4) is 0 Å². The molecule has 0 bridgehead atoms. The van der Waals surface area contributed by atoms with E-state index in [0.717, 1.165) is 37.9 Å². The highest BCUT2D eigenvalue weighted by atomic mass is 15.2. The van der Waals surface area contributed by atoms with Gasteiger partial charge in [-0.25, -0.2) is 0 Å². The summed E-state index contributed by atoms with van der Waals surface area (Å²) in [5.41, 5.74) is 0. The van der Waals surface area contributed by atoms with E-state index in [4.69, 9.17) is 5.26 Å². The van der Waals surface area contributed by atoms with Crippen LogP contribution in [0.5, 0.6) is 0 Å². The van der Waals surface area contributed by atoms with Gasteiger partial charge in [0, 0.05) is 19.1 Å². The van der Waals surface area contributed by atoms with Crippen LogP contribution in [0.2, 0.25) is 0 Å². The van der Waals surface area contributed by atoms with Crippen LogP contribution in [0.25, 0.3) is 0 Å². The van der Waals surface area contributed by atoms with Crippen molar-refractivity contribution >= 4 is 0 Å². The average molecular weight is 237 g/mol. The van der Waals surface area contributed by atoms with Gasteiger partial charge in [0.25, 0.3) is 0 Å². The number of hydrogen-bond donors (Lipinski definition) is 1. The number of nitriles is 1. The lowest BCUT2D eigenvalue weighted by molar-refractivity contribution is 0.226. The van der Waals surface area contributed by atoms with Crippen LogP contribution >= 0.6 is 0 Å². The number of nitrogens with one attached hydrogen (secondary N) is 1. The highest BCUT2D eigenvalue weighted by Crippen LogP contribution is 2.27. The lowest BCUT2D eigenvalue weighted by atomic mass is 10.1. The van der Waals surface area contributed by atoms with Crippen LogP contribution in [0.15, 0.2) is 0 Å². The second-order valence-electron chi connectivity index (χ2n) is 5.54. The van der Waals surface area contributed by atoms with Crippen LogP contribution in [0.4, 0.5) is 0 Å². The fourth-order valence-corrected chi connectivity index (χ4v) is 2.16. The van der Waals surface area contributed by atoms with Crippen molar-refractivity contribution in [2.24, 2.45) is 5.92 Å². The van der Waals surface area contributed by atoms with E-state index in [9.17, 15) is 0 Å². The van der Waals surface area contributed by atoms with Gasteiger partial charge in [0.2, 0.25) is 0 Å². The lowest BCUT2D eigenvalue weighted by Gasteiger charge is -2.25. The third-order valence-electron chi connectivity index (χ3n) is 3.16. The van der Waals surface area contributed by atoms with Gasteiger partial charge in [-0.05, 0) is 38.1 Å². The Morgan fingerprint density at radius 3 is 2.59 bits per heavy atom. The second kappa shape index (κ2) is 7.68. The Balaban J connectivity index is 2.26. The molecule has 0 aromatic carbocycles. The van der Waals surface area contributed by atoms with Gasteiger partial charge < -0.3 is 10.2 Å². The Bertz CT molecular complexity index is 240. The molecule has 98 valence electrons. The van der Waals surface area contributed by atoms with Gasteiger partial charge in [0.15, 0.2) is 0 Å². The van der Waals surface area contributed by atoms with Crippen LogP contribution in [0, 0.1) is 17.2 Å². The Labute approximate surface area is 106 Å². The monoisotopic (exact) mass is 237 g/mol. The van der Waals surface area contributed by atoms with E-state index in [1.54, 1.807) is 0 Å². The summed E-state index contributed by atoms with van der Waals surface area (Å²) in [7, 11) is 0. The molecule has 1 saturated carbocycles. The van der Waals surface area contributed by atoms with Crippen LogP contribution in [-0.4, -0.2) is 36.6 Å². The molecule has 3 heteroatoms. The Kier molecular flexibility index (Phi) is 6.54. The molecular formula is C14H27N3. The molecular weight excluding hydrogens is 210 g/mol. The molecule has 1 atom stereocenters. The molecule has 0 aliphatic heterocycles. The molecule has 0 aromatic heterocycles. The molecule has 3 nitrogen and oxygen atoms in total. The van der Waals surface area contributed by atoms with E-state index in [-0.39, 0.29) is 6.04 Å². The highest BCUT2D eigenvalue weighted by Gasteiger charge is 2.29. The Morgan fingerprint density at radius 1 is 1.41 bits per heavy atom. The molecule has 17 heavy (non-hydrogen) atoms. The minimum atomic E-state index is 0.0309. The predicted molar refractivity (Wildman–Crippen MR) is 71.7 cm³/mol. The zero-order valence-electron chi connectivity index (χ0n) is 11.6. The standard InChI is InChI=1S/C14H27N3/c1-4-8-16-13(10-15)7-9-17(11-12(2)3)14-5-6-14/h12-14,16H,4-9,11H2,1-3H3. The van der Waals surface area contributed by atoms with Gasteiger partial charge in [-0.1, -0.05) is 20.8 Å². The fourth-order valence-electron chi connectivity index (χ4n) is 2.16. The molecule has 0 radical (unpaired) electrons. The molecule has 0 amide bonds. The van der Waals surface area contributed by atoms with Gasteiger partial charge in [-0.2, -0.15) is 5.26 Å². The van der Waals surface area contributed by atoms with Gasteiger partial charge in [-0.15, -0.1) is 0 Å². The van der Waals surface area contributed by atoms with Crippen molar-refractivity contribution in [2.75, 3.05) is 19.6 Å². The largest absolute Gasteiger partial charge is 0.302 e. The first-order valence-corrected chi connectivity index (χ1v) is 7.04. The van der Waals surface area contributed by atoms with E-state index in [2.05, 4.69) is 37.1 Å². The molecule has 1 unspecified atom stereocenters. The topological polar surface area (TPSA) is 39.1 Å². The summed E-state index contributed by atoms with van der Waals surface area (Å²) in [4.78, 5) is 2.57. The summed E-state index contributed by atoms with van der Waals surface area (Å²) in [5, 5.41) is 12.4. The van der Waals surface area contributed by atoms with Crippen molar-refractivity contribution in [3.63, 3.8) is 0 Å². The Morgan fingerprint density at radius 2 is 2.12 bits per heavy atom. The van der Waals surface area contributed by atoms with E-state index in [1.165, 1.54) is 19.4 Å². The first kappa shape index (κ1) is 14.5.